The fraction of sp³-hybridized carbons (Fsp3) is 0.500. The molecule has 1 aromatic carbocycles. The van der Waals surface area contributed by atoms with Gasteiger partial charge in [-0.1, -0.05) is 0 Å². The zero-order valence-corrected chi connectivity index (χ0v) is 12.3. The van der Waals surface area contributed by atoms with Crippen LogP contribution in [0.25, 0.3) is 0 Å². The molecule has 1 aromatic rings. The van der Waals surface area contributed by atoms with Gasteiger partial charge >= 0.3 is 0 Å². The van der Waals surface area contributed by atoms with E-state index in [4.69, 9.17) is 5.11 Å². The molecule has 1 amide bonds. The number of non-ortho nitro benzene ring substituents is 1. The van der Waals surface area contributed by atoms with Crippen molar-refractivity contribution < 1.29 is 14.8 Å². The molecular weight excluding hydrogens is 288 g/mol. The summed E-state index contributed by atoms with van der Waals surface area (Å²) in [7, 11) is 0. The molecule has 0 spiro atoms. The third-order valence-corrected chi connectivity index (χ3v) is 3.61. The number of benzene rings is 1. The second kappa shape index (κ2) is 7.83. The lowest BCUT2D eigenvalue weighted by Gasteiger charge is -2.33. The van der Waals surface area contributed by atoms with Crippen molar-refractivity contribution in [1.29, 1.82) is 0 Å². The Morgan fingerprint density at radius 1 is 1.18 bits per heavy atom. The summed E-state index contributed by atoms with van der Waals surface area (Å²) in [5, 5.41) is 22.2. The third kappa shape index (κ3) is 4.76. The Bertz CT molecular complexity index is 512. The van der Waals surface area contributed by atoms with Crippen molar-refractivity contribution in [1.82, 2.24) is 9.80 Å². The minimum Gasteiger partial charge on any atom is -0.395 e. The van der Waals surface area contributed by atoms with Crippen LogP contribution in [0.2, 0.25) is 0 Å². The average molecular weight is 308 g/mol. The lowest BCUT2D eigenvalue weighted by molar-refractivity contribution is -0.384. The van der Waals surface area contributed by atoms with Crippen LogP contribution in [0, 0.1) is 10.1 Å². The second-order valence-corrected chi connectivity index (χ2v) is 5.19. The SMILES string of the molecule is O=C(CN1CCN(CCO)CC1)Nc1ccc([N+](=O)[O-])cc1. The minimum atomic E-state index is -0.475. The number of rotatable bonds is 6. The first-order valence-corrected chi connectivity index (χ1v) is 7.18. The van der Waals surface area contributed by atoms with E-state index in [1.54, 1.807) is 0 Å². The van der Waals surface area contributed by atoms with Crippen LogP contribution in [0.4, 0.5) is 11.4 Å². The number of nitrogens with one attached hydrogen (secondary N) is 1. The lowest BCUT2D eigenvalue weighted by Crippen LogP contribution is -2.49. The van der Waals surface area contributed by atoms with Crippen molar-refractivity contribution in [3.63, 3.8) is 0 Å². The molecular formula is C14H20N4O4. The van der Waals surface area contributed by atoms with Crippen molar-refractivity contribution in [2.24, 2.45) is 0 Å². The smallest absolute Gasteiger partial charge is 0.269 e. The number of hydrogen-bond acceptors (Lipinski definition) is 6. The molecule has 1 heterocycles. The van der Waals surface area contributed by atoms with Gasteiger partial charge in [0.15, 0.2) is 0 Å². The fourth-order valence-corrected chi connectivity index (χ4v) is 2.38. The number of β-amino-alcohol motifs (C(OH)–C–C–N with tert-alkyl or cyclic N) is 1. The van der Waals surface area contributed by atoms with E-state index in [9.17, 15) is 14.9 Å². The van der Waals surface area contributed by atoms with Crippen molar-refractivity contribution >= 4 is 17.3 Å². The molecule has 0 aliphatic carbocycles. The first-order chi connectivity index (χ1) is 10.6. The number of piperazine rings is 1. The zero-order chi connectivity index (χ0) is 15.9. The van der Waals surface area contributed by atoms with Crippen molar-refractivity contribution in [2.45, 2.75) is 0 Å². The third-order valence-electron chi connectivity index (χ3n) is 3.61. The summed E-state index contributed by atoms with van der Waals surface area (Å²) in [4.78, 5) is 26.3. The maximum absolute atomic E-state index is 12.0. The summed E-state index contributed by atoms with van der Waals surface area (Å²) in [6, 6.07) is 5.77. The van der Waals surface area contributed by atoms with Gasteiger partial charge in [-0.05, 0) is 12.1 Å². The van der Waals surface area contributed by atoms with E-state index in [0.717, 1.165) is 26.2 Å². The van der Waals surface area contributed by atoms with Crippen LogP contribution in [0.5, 0.6) is 0 Å². The van der Waals surface area contributed by atoms with Gasteiger partial charge in [0.25, 0.3) is 5.69 Å². The van der Waals surface area contributed by atoms with Gasteiger partial charge in [0.2, 0.25) is 5.91 Å². The average Bonchev–Trinajstić information content (AvgIpc) is 2.50. The van der Waals surface area contributed by atoms with Crippen LogP contribution in [0.3, 0.4) is 0 Å². The van der Waals surface area contributed by atoms with Crippen LogP contribution < -0.4 is 5.32 Å². The van der Waals surface area contributed by atoms with Crippen molar-refractivity contribution in [3.8, 4) is 0 Å². The van der Waals surface area contributed by atoms with E-state index >= 15 is 0 Å². The second-order valence-electron chi connectivity index (χ2n) is 5.19. The Kier molecular flexibility index (Phi) is 5.82. The summed E-state index contributed by atoms with van der Waals surface area (Å²) in [6.07, 6.45) is 0. The molecule has 0 radical (unpaired) electrons. The molecule has 8 heteroatoms. The summed E-state index contributed by atoms with van der Waals surface area (Å²) < 4.78 is 0. The first kappa shape index (κ1) is 16.3. The number of hydrogen-bond donors (Lipinski definition) is 2. The van der Waals surface area contributed by atoms with Crippen molar-refractivity contribution in [2.75, 3.05) is 51.2 Å². The van der Waals surface area contributed by atoms with Gasteiger partial charge in [-0.2, -0.15) is 0 Å². The number of nitro benzene ring substituents is 1. The van der Waals surface area contributed by atoms with Crippen LogP contribution in [-0.4, -0.2) is 71.6 Å². The van der Waals surface area contributed by atoms with Crippen LogP contribution >= 0.6 is 0 Å². The van der Waals surface area contributed by atoms with E-state index in [1.165, 1.54) is 24.3 Å². The van der Waals surface area contributed by atoms with Gasteiger partial charge in [0.1, 0.15) is 0 Å². The summed E-state index contributed by atoms with van der Waals surface area (Å²) in [6.45, 7) is 4.37. The maximum atomic E-state index is 12.0. The molecule has 1 saturated heterocycles. The Labute approximate surface area is 128 Å². The number of carbonyl (C=O) groups is 1. The number of nitro groups is 1. The molecule has 8 nitrogen and oxygen atoms in total. The molecule has 1 aliphatic heterocycles. The van der Waals surface area contributed by atoms with E-state index in [1.807, 2.05) is 0 Å². The standard InChI is InChI=1S/C14H20N4O4/c19-10-9-16-5-7-17(8-6-16)11-14(20)15-12-1-3-13(4-2-12)18(21)22/h1-4,19H,5-11H2,(H,15,20). The number of aliphatic hydroxyl groups excluding tert-OH is 1. The fourth-order valence-electron chi connectivity index (χ4n) is 2.38. The predicted octanol–water partition coefficient (Wildman–Crippen LogP) is 0.143. The Morgan fingerprint density at radius 2 is 1.77 bits per heavy atom. The topological polar surface area (TPSA) is 99.0 Å². The molecule has 22 heavy (non-hydrogen) atoms. The molecule has 0 atom stereocenters. The van der Waals surface area contributed by atoms with Gasteiger partial charge in [-0.3, -0.25) is 24.7 Å². The molecule has 0 bridgehead atoms. The lowest BCUT2D eigenvalue weighted by atomic mass is 10.2. The molecule has 1 fully saturated rings. The molecule has 0 saturated carbocycles. The van der Waals surface area contributed by atoms with Gasteiger partial charge < -0.3 is 10.4 Å². The van der Waals surface area contributed by atoms with E-state index in [-0.39, 0.29) is 18.2 Å². The highest BCUT2D eigenvalue weighted by Crippen LogP contribution is 2.15. The van der Waals surface area contributed by atoms with Gasteiger partial charge in [0.05, 0.1) is 18.1 Å². The molecule has 120 valence electrons. The first-order valence-electron chi connectivity index (χ1n) is 7.18. The predicted molar refractivity (Wildman–Crippen MR) is 81.7 cm³/mol. The summed E-state index contributed by atoms with van der Waals surface area (Å²) in [5.41, 5.74) is 0.549. The van der Waals surface area contributed by atoms with E-state index in [2.05, 4.69) is 15.1 Å². The van der Waals surface area contributed by atoms with Gasteiger partial charge in [0, 0.05) is 50.5 Å². The van der Waals surface area contributed by atoms with Gasteiger partial charge in [-0.25, -0.2) is 0 Å². The van der Waals surface area contributed by atoms with Crippen molar-refractivity contribution in [3.05, 3.63) is 34.4 Å². The summed E-state index contributed by atoms with van der Waals surface area (Å²) in [5.74, 6) is -0.135. The summed E-state index contributed by atoms with van der Waals surface area (Å²) >= 11 is 0. The molecule has 0 aromatic heterocycles. The Balaban J connectivity index is 1.77. The molecule has 2 N–H and O–H groups in total. The number of aliphatic hydroxyl groups is 1. The highest BCUT2D eigenvalue weighted by Gasteiger charge is 2.18. The number of carbonyl (C=O) groups excluding carboxylic acids is 1. The Hall–Kier alpha value is -2.03. The largest absolute Gasteiger partial charge is 0.395 e. The van der Waals surface area contributed by atoms with Crippen LogP contribution in [0.15, 0.2) is 24.3 Å². The zero-order valence-electron chi connectivity index (χ0n) is 12.3. The number of nitrogens with zero attached hydrogens (tertiary/aromatic N) is 3. The maximum Gasteiger partial charge on any atom is 0.269 e. The number of anilines is 1. The molecule has 0 unspecified atom stereocenters. The van der Waals surface area contributed by atoms with Crippen LogP contribution in [0.1, 0.15) is 0 Å². The quantitative estimate of drug-likeness (QED) is 0.573. The van der Waals surface area contributed by atoms with Gasteiger partial charge in [-0.15, -0.1) is 0 Å². The highest BCUT2D eigenvalue weighted by molar-refractivity contribution is 5.92. The van der Waals surface area contributed by atoms with Crippen LogP contribution in [-0.2, 0) is 4.79 Å². The normalized spacial score (nSPS) is 16.4. The highest BCUT2D eigenvalue weighted by atomic mass is 16.6. The molecule has 2 rings (SSSR count). The molecule has 1 aliphatic rings. The monoisotopic (exact) mass is 308 g/mol. The van der Waals surface area contributed by atoms with E-state index < -0.39 is 4.92 Å². The number of amides is 1. The minimum absolute atomic E-state index is 0.00185. The van der Waals surface area contributed by atoms with E-state index in [0.29, 0.717) is 18.8 Å². The Morgan fingerprint density at radius 3 is 2.32 bits per heavy atom.